The van der Waals surface area contributed by atoms with Crippen molar-refractivity contribution in [2.24, 2.45) is 7.05 Å². The van der Waals surface area contributed by atoms with Gasteiger partial charge in [-0.2, -0.15) is 5.10 Å². The summed E-state index contributed by atoms with van der Waals surface area (Å²) in [6.45, 7) is 0.653. The van der Waals surface area contributed by atoms with Crippen molar-refractivity contribution in [2.45, 2.75) is 38.0 Å². The molecule has 1 amide bonds. The number of carbonyl (C=O) groups is 1. The van der Waals surface area contributed by atoms with Crippen LogP contribution in [0.1, 0.15) is 42.1 Å². The van der Waals surface area contributed by atoms with E-state index in [1.807, 2.05) is 0 Å². The standard InChI is InChI=1S/C20H23N5O2/c1-25-19-16(12-22-25)20(27)24-17(23-19)9-10-18(26)21-11-14-7-4-6-13-5-2-3-8-15(13)14/h2-3,5,8,12,14H,4,6-7,9-11H2,1H3,(H,21,26)(H,23,24,27). The largest absolute Gasteiger partial charge is 0.355 e. The van der Waals surface area contributed by atoms with Crippen LogP contribution < -0.4 is 10.9 Å². The first-order valence-corrected chi connectivity index (χ1v) is 9.37. The third kappa shape index (κ3) is 3.63. The van der Waals surface area contributed by atoms with E-state index in [9.17, 15) is 9.59 Å². The molecule has 7 nitrogen and oxygen atoms in total. The molecule has 1 aliphatic carbocycles. The van der Waals surface area contributed by atoms with E-state index >= 15 is 0 Å². The SMILES string of the molecule is Cn1ncc2c(=O)[nH]c(CCC(=O)NCC3CCCc4ccccc43)nc21. The third-order valence-electron chi connectivity index (χ3n) is 5.28. The van der Waals surface area contributed by atoms with Crippen molar-refractivity contribution < 1.29 is 4.79 Å². The molecule has 1 aliphatic rings. The first-order chi connectivity index (χ1) is 13.1. The Morgan fingerprint density at radius 3 is 3.11 bits per heavy atom. The number of amides is 1. The second kappa shape index (κ2) is 7.34. The number of nitrogens with one attached hydrogen (secondary N) is 2. The van der Waals surface area contributed by atoms with Gasteiger partial charge in [-0.25, -0.2) is 4.98 Å². The summed E-state index contributed by atoms with van der Waals surface area (Å²) in [5.74, 6) is 0.864. The van der Waals surface area contributed by atoms with Crippen LogP contribution in [0.25, 0.3) is 11.0 Å². The van der Waals surface area contributed by atoms with Gasteiger partial charge in [-0.05, 0) is 30.4 Å². The third-order valence-corrected chi connectivity index (χ3v) is 5.28. The normalized spacial score (nSPS) is 16.3. The minimum Gasteiger partial charge on any atom is -0.355 e. The van der Waals surface area contributed by atoms with Crippen LogP contribution in [-0.2, 0) is 24.7 Å². The van der Waals surface area contributed by atoms with Crippen molar-refractivity contribution in [3.8, 4) is 0 Å². The highest BCUT2D eigenvalue weighted by molar-refractivity contribution is 5.76. The summed E-state index contributed by atoms with van der Waals surface area (Å²) in [5, 5.41) is 7.55. The van der Waals surface area contributed by atoms with Crippen molar-refractivity contribution in [3.63, 3.8) is 0 Å². The lowest BCUT2D eigenvalue weighted by Gasteiger charge is -2.25. The van der Waals surface area contributed by atoms with Gasteiger partial charge in [-0.3, -0.25) is 14.3 Å². The molecular weight excluding hydrogens is 342 g/mol. The molecule has 0 aliphatic heterocycles. The Morgan fingerprint density at radius 1 is 1.37 bits per heavy atom. The monoisotopic (exact) mass is 365 g/mol. The summed E-state index contributed by atoms with van der Waals surface area (Å²) in [7, 11) is 1.74. The van der Waals surface area contributed by atoms with E-state index in [4.69, 9.17) is 0 Å². The fourth-order valence-electron chi connectivity index (χ4n) is 3.82. The van der Waals surface area contributed by atoms with Gasteiger partial charge in [0.1, 0.15) is 11.2 Å². The molecule has 1 atom stereocenters. The molecule has 2 aromatic heterocycles. The zero-order valence-electron chi connectivity index (χ0n) is 15.4. The maximum atomic E-state index is 12.3. The molecule has 27 heavy (non-hydrogen) atoms. The molecule has 4 rings (SSSR count). The van der Waals surface area contributed by atoms with E-state index in [2.05, 4.69) is 44.6 Å². The maximum Gasteiger partial charge on any atom is 0.262 e. The molecular formula is C20H23N5O2. The van der Waals surface area contributed by atoms with Crippen molar-refractivity contribution in [1.82, 2.24) is 25.1 Å². The Labute approximate surface area is 156 Å². The molecule has 1 aromatic carbocycles. The van der Waals surface area contributed by atoms with Crippen LogP contribution in [0.2, 0.25) is 0 Å². The lowest BCUT2D eigenvalue weighted by atomic mass is 9.83. The quantitative estimate of drug-likeness (QED) is 0.721. The summed E-state index contributed by atoms with van der Waals surface area (Å²) in [5.41, 5.74) is 3.07. The number of benzene rings is 1. The van der Waals surface area contributed by atoms with Gasteiger partial charge in [0.2, 0.25) is 5.91 Å². The zero-order chi connectivity index (χ0) is 18.8. The molecule has 7 heteroatoms. The van der Waals surface area contributed by atoms with E-state index in [0.717, 1.165) is 19.3 Å². The summed E-state index contributed by atoms with van der Waals surface area (Å²) < 4.78 is 1.56. The van der Waals surface area contributed by atoms with Crippen LogP contribution in [-0.4, -0.2) is 32.2 Å². The number of aromatic amines is 1. The topological polar surface area (TPSA) is 92.7 Å². The van der Waals surface area contributed by atoms with Crippen LogP contribution in [0.4, 0.5) is 0 Å². The first-order valence-electron chi connectivity index (χ1n) is 9.37. The van der Waals surface area contributed by atoms with Gasteiger partial charge in [-0.15, -0.1) is 0 Å². The number of H-pyrrole nitrogens is 1. The first kappa shape index (κ1) is 17.5. The minimum absolute atomic E-state index is 0.0224. The average molecular weight is 365 g/mol. The molecule has 0 fully saturated rings. The fourth-order valence-corrected chi connectivity index (χ4v) is 3.82. The Bertz CT molecular complexity index is 1040. The number of aryl methyl sites for hydroxylation is 3. The van der Waals surface area contributed by atoms with E-state index in [-0.39, 0.29) is 11.5 Å². The second-order valence-corrected chi connectivity index (χ2v) is 7.11. The predicted octanol–water partition coefficient (Wildman–Crippen LogP) is 1.83. The van der Waals surface area contributed by atoms with Crippen LogP contribution in [0.3, 0.4) is 0 Å². The number of fused-ring (bicyclic) bond motifs is 2. The van der Waals surface area contributed by atoms with Gasteiger partial charge in [-0.1, -0.05) is 24.3 Å². The molecule has 140 valence electrons. The summed E-state index contributed by atoms with van der Waals surface area (Å²) in [6.07, 6.45) is 5.57. The van der Waals surface area contributed by atoms with Crippen molar-refractivity contribution in [2.75, 3.05) is 6.54 Å². The van der Waals surface area contributed by atoms with Crippen LogP contribution >= 0.6 is 0 Å². The van der Waals surface area contributed by atoms with E-state index in [1.165, 1.54) is 17.3 Å². The molecule has 0 saturated carbocycles. The van der Waals surface area contributed by atoms with Crippen molar-refractivity contribution in [3.05, 3.63) is 57.8 Å². The lowest BCUT2D eigenvalue weighted by molar-refractivity contribution is -0.121. The van der Waals surface area contributed by atoms with Gasteiger partial charge in [0.25, 0.3) is 5.56 Å². The van der Waals surface area contributed by atoms with Gasteiger partial charge < -0.3 is 10.3 Å². The fraction of sp³-hybridized carbons (Fsp3) is 0.400. The molecule has 0 radical (unpaired) electrons. The molecule has 2 heterocycles. The molecule has 0 bridgehead atoms. The Morgan fingerprint density at radius 2 is 2.22 bits per heavy atom. The van der Waals surface area contributed by atoms with Crippen LogP contribution in [0.5, 0.6) is 0 Å². The number of rotatable bonds is 5. The summed E-state index contributed by atoms with van der Waals surface area (Å²) in [4.78, 5) is 31.5. The van der Waals surface area contributed by atoms with E-state index in [1.54, 1.807) is 11.7 Å². The number of aromatic nitrogens is 4. The highest BCUT2D eigenvalue weighted by Crippen LogP contribution is 2.30. The van der Waals surface area contributed by atoms with Crippen molar-refractivity contribution >= 4 is 16.9 Å². The average Bonchev–Trinajstić information content (AvgIpc) is 3.06. The number of carbonyl (C=O) groups excluding carboxylic acids is 1. The highest BCUT2D eigenvalue weighted by atomic mass is 16.1. The van der Waals surface area contributed by atoms with Gasteiger partial charge in [0.15, 0.2) is 5.65 Å². The molecule has 3 aromatic rings. The minimum atomic E-state index is -0.220. The molecule has 0 saturated heterocycles. The second-order valence-electron chi connectivity index (χ2n) is 7.11. The van der Waals surface area contributed by atoms with E-state index in [0.29, 0.717) is 42.2 Å². The lowest BCUT2D eigenvalue weighted by Crippen LogP contribution is -2.30. The Hall–Kier alpha value is -2.96. The number of nitrogens with zero attached hydrogens (tertiary/aromatic N) is 3. The Balaban J connectivity index is 1.36. The summed E-state index contributed by atoms with van der Waals surface area (Å²) in [6, 6.07) is 8.49. The van der Waals surface area contributed by atoms with Gasteiger partial charge in [0, 0.05) is 32.4 Å². The number of hydrogen-bond acceptors (Lipinski definition) is 4. The summed E-state index contributed by atoms with van der Waals surface area (Å²) >= 11 is 0. The molecule has 0 spiro atoms. The van der Waals surface area contributed by atoms with Crippen LogP contribution in [0, 0.1) is 0 Å². The smallest absolute Gasteiger partial charge is 0.262 e. The Kier molecular flexibility index (Phi) is 4.75. The predicted molar refractivity (Wildman–Crippen MR) is 103 cm³/mol. The maximum absolute atomic E-state index is 12.3. The van der Waals surface area contributed by atoms with Crippen LogP contribution in [0.15, 0.2) is 35.3 Å². The van der Waals surface area contributed by atoms with Gasteiger partial charge in [0.05, 0.1) is 6.20 Å². The molecule has 2 N–H and O–H groups in total. The van der Waals surface area contributed by atoms with E-state index < -0.39 is 0 Å². The molecule has 1 unspecified atom stereocenters. The van der Waals surface area contributed by atoms with Gasteiger partial charge >= 0.3 is 0 Å². The van der Waals surface area contributed by atoms with Crippen molar-refractivity contribution in [1.29, 1.82) is 0 Å². The highest BCUT2D eigenvalue weighted by Gasteiger charge is 2.20. The zero-order valence-corrected chi connectivity index (χ0v) is 15.4. The number of hydrogen-bond donors (Lipinski definition) is 2.